The van der Waals surface area contributed by atoms with Crippen LogP contribution in [0.5, 0.6) is 0 Å². The van der Waals surface area contributed by atoms with Crippen molar-refractivity contribution in [3.05, 3.63) is 28.2 Å². The highest BCUT2D eigenvalue weighted by atomic mass is 79.9. The SMILES string of the molecule is Nc1cccc(C(=O)OCC(=O)NC2CCCCC2)c1Br. The van der Waals surface area contributed by atoms with Crippen LogP contribution in [0.4, 0.5) is 5.69 Å². The van der Waals surface area contributed by atoms with Crippen LogP contribution in [0, 0.1) is 0 Å². The van der Waals surface area contributed by atoms with E-state index in [9.17, 15) is 9.59 Å². The molecule has 0 radical (unpaired) electrons. The molecule has 2 rings (SSSR count). The molecule has 114 valence electrons. The molecule has 6 heteroatoms. The minimum Gasteiger partial charge on any atom is -0.452 e. The summed E-state index contributed by atoms with van der Waals surface area (Å²) >= 11 is 3.24. The van der Waals surface area contributed by atoms with Crippen molar-refractivity contribution in [1.29, 1.82) is 0 Å². The first-order chi connectivity index (χ1) is 10.1. The zero-order valence-corrected chi connectivity index (χ0v) is 13.3. The Labute approximate surface area is 132 Å². The summed E-state index contributed by atoms with van der Waals surface area (Å²) in [5, 5.41) is 2.90. The standard InChI is InChI=1S/C15H19BrN2O3/c16-14-11(7-4-8-12(14)17)15(20)21-9-13(19)18-10-5-2-1-3-6-10/h4,7-8,10H,1-3,5-6,9,17H2,(H,18,19). The van der Waals surface area contributed by atoms with Crippen LogP contribution >= 0.6 is 15.9 Å². The van der Waals surface area contributed by atoms with Gasteiger partial charge in [0.25, 0.3) is 5.91 Å². The van der Waals surface area contributed by atoms with Gasteiger partial charge in [-0.2, -0.15) is 0 Å². The predicted molar refractivity (Wildman–Crippen MR) is 83.9 cm³/mol. The second-order valence-corrected chi connectivity index (χ2v) is 5.98. The van der Waals surface area contributed by atoms with Crippen molar-refractivity contribution in [3.63, 3.8) is 0 Å². The lowest BCUT2D eigenvalue weighted by Gasteiger charge is -2.22. The molecule has 0 aromatic heterocycles. The van der Waals surface area contributed by atoms with E-state index >= 15 is 0 Å². The van der Waals surface area contributed by atoms with E-state index in [4.69, 9.17) is 10.5 Å². The van der Waals surface area contributed by atoms with Crippen molar-refractivity contribution in [3.8, 4) is 0 Å². The van der Waals surface area contributed by atoms with Crippen molar-refractivity contribution in [2.45, 2.75) is 38.1 Å². The normalized spacial score (nSPS) is 15.5. The number of nitrogen functional groups attached to an aromatic ring is 1. The van der Waals surface area contributed by atoms with Gasteiger partial charge < -0.3 is 15.8 Å². The highest BCUT2D eigenvalue weighted by molar-refractivity contribution is 9.10. The Morgan fingerprint density at radius 2 is 2.00 bits per heavy atom. The lowest BCUT2D eigenvalue weighted by Crippen LogP contribution is -2.38. The van der Waals surface area contributed by atoms with Gasteiger partial charge in [0.2, 0.25) is 0 Å². The number of amides is 1. The number of esters is 1. The van der Waals surface area contributed by atoms with Crippen LogP contribution in [-0.4, -0.2) is 24.5 Å². The molecule has 1 aromatic rings. The third-order valence-corrected chi connectivity index (χ3v) is 4.44. The number of rotatable bonds is 4. The Kier molecular flexibility index (Phi) is 5.61. The van der Waals surface area contributed by atoms with Crippen LogP contribution in [0.25, 0.3) is 0 Å². The summed E-state index contributed by atoms with van der Waals surface area (Å²) in [5.41, 5.74) is 6.48. The molecule has 0 heterocycles. The number of nitrogens with two attached hydrogens (primary N) is 1. The molecule has 1 aliphatic carbocycles. The number of hydrogen-bond acceptors (Lipinski definition) is 4. The van der Waals surface area contributed by atoms with Crippen molar-refractivity contribution in [2.24, 2.45) is 0 Å². The lowest BCUT2D eigenvalue weighted by atomic mass is 9.95. The number of carbonyl (C=O) groups is 2. The van der Waals surface area contributed by atoms with E-state index in [1.165, 1.54) is 6.42 Å². The second kappa shape index (κ2) is 7.45. The van der Waals surface area contributed by atoms with Crippen LogP contribution in [0.2, 0.25) is 0 Å². The molecule has 1 aromatic carbocycles. The number of nitrogens with one attached hydrogen (secondary N) is 1. The molecule has 21 heavy (non-hydrogen) atoms. The Morgan fingerprint density at radius 3 is 2.71 bits per heavy atom. The molecular formula is C15H19BrN2O3. The van der Waals surface area contributed by atoms with Crippen LogP contribution < -0.4 is 11.1 Å². The van der Waals surface area contributed by atoms with Crippen LogP contribution in [-0.2, 0) is 9.53 Å². The van der Waals surface area contributed by atoms with Crippen LogP contribution in [0.1, 0.15) is 42.5 Å². The van der Waals surface area contributed by atoms with Gasteiger partial charge >= 0.3 is 5.97 Å². The van der Waals surface area contributed by atoms with Gasteiger partial charge in [-0.3, -0.25) is 4.79 Å². The lowest BCUT2D eigenvalue weighted by molar-refractivity contribution is -0.125. The first kappa shape index (κ1) is 15.8. The molecule has 0 bridgehead atoms. The summed E-state index contributed by atoms with van der Waals surface area (Å²) in [6.07, 6.45) is 5.51. The summed E-state index contributed by atoms with van der Waals surface area (Å²) in [6, 6.07) is 5.15. The highest BCUT2D eigenvalue weighted by Crippen LogP contribution is 2.24. The summed E-state index contributed by atoms with van der Waals surface area (Å²) in [5.74, 6) is -0.816. The Morgan fingerprint density at radius 1 is 1.29 bits per heavy atom. The van der Waals surface area contributed by atoms with E-state index in [2.05, 4.69) is 21.2 Å². The molecule has 5 nitrogen and oxygen atoms in total. The van der Waals surface area contributed by atoms with Crippen molar-refractivity contribution < 1.29 is 14.3 Å². The Balaban J connectivity index is 1.83. The van der Waals surface area contributed by atoms with Gasteiger partial charge in [-0.1, -0.05) is 25.3 Å². The average molecular weight is 355 g/mol. The molecule has 1 aliphatic rings. The zero-order valence-electron chi connectivity index (χ0n) is 11.7. The van der Waals surface area contributed by atoms with Gasteiger partial charge in [0.05, 0.1) is 10.0 Å². The monoisotopic (exact) mass is 354 g/mol. The number of halogens is 1. The van der Waals surface area contributed by atoms with E-state index in [0.717, 1.165) is 25.7 Å². The van der Waals surface area contributed by atoms with Gasteiger partial charge in [-0.15, -0.1) is 0 Å². The topological polar surface area (TPSA) is 81.4 Å². The van der Waals surface area contributed by atoms with E-state index in [0.29, 0.717) is 15.7 Å². The maximum absolute atomic E-state index is 11.9. The molecule has 1 amide bonds. The first-order valence-electron chi connectivity index (χ1n) is 7.08. The molecule has 0 unspecified atom stereocenters. The number of benzene rings is 1. The predicted octanol–water partition coefficient (Wildman–Crippen LogP) is 2.64. The first-order valence-corrected chi connectivity index (χ1v) is 7.87. The minimum atomic E-state index is -0.562. The molecule has 0 spiro atoms. The van der Waals surface area contributed by atoms with Gasteiger partial charge in [0, 0.05) is 11.7 Å². The Hall–Kier alpha value is -1.56. The second-order valence-electron chi connectivity index (χ2n) is 5.19. The summed E-state index contributed by atoms with van der Waals surface area (Å²) in [7, 11) is 0. The summed E-state index contributed by atoms with van der Waals surface area (Å²) in [6.45, 7) is -0.267. The molecule has 1 saturated carbocycles. The van der Waals surface area contributed by atoms with Gasteiger partial charge in [0.15, 0.2) is 6.61 Å². The fourth-order valence-electron chi connectivity index (χ4n) is 2.43. The highest BCUT2D eigenvalue weighted by Gasteiger charge is 2.18. The maximum atomic E-state index is 11.9. The Bertz CT molecular complexity index is 528. The smallest absolute Gasteiger partial charge is 0.339 e. The maximum Gasteiger partial charge on any atom is 0.339 e. The van der Waals surface area contributed by atoms with Crippen molar-refractivity contribution in [2.75, 3.05) is 12.3 Å². The average Bonchev–Trinajstić information content (AvgIpc) is 2.48. The summed E-state index contributed by atoms with van der Waals surface area (Å²) < 4.78 is 5.52. The molecule has 0 atom stereocenters. The van der Waals surface area contributed by atoms with Gasteiger partial charge in [0.1, 0.15) is 0 Å². The van der Waals surface area contributed by atoms with Gasteiger partial charge in [-0.25, -0.2) is 4.79 Å². The summed E-state index contributed by atoms with van der Waals surface area (Å²) in [4.78, 5) is 23.7. The van der Waals surface area contributed by atoms with E-state index in [1.54, 1.807) is 18.2 Å². The van der Waals surface area contributed by atoms with Crippen molar-refractivity contribution >= 4 is 33.5 Å². The van der Waals surface area contributed by atoms with Crippen LogP contribution in [0.15, 0.2) is 22.7 Å². The number of carbonyl (C=O) groups excluding carboxylic acids is 2. The molecule has 1 fully saturated rings. The van der Waals surface area contributed by atoms with E-state index in [1.807, 2.05) is 0 Å². The van der Waals surface area contributed by atoms with Gasteiger partial charge in [-0.05, 0) is 40.9 Å². The fourth-order valence-corrected chi connectivity index (χ4v) is 2.86. The fraction of sp³-hybridized carbons (Fsp3) is 0.467. The molecule has 0 saturated heterocycles. The van der Waals surface area contributed by atoms with Crippen molar-refractivity contribution in [1.82, 2.24) is 5.32 Å². The number of hydrogen-bond donors (Lipinski definition) is 2. The quantitative estimate of drug-likeness (QED) is 0.643. The van der Waals surface area contributed by atoms with E-state index < -0.39 is 5.97 Å². The number of ether oxygens (including phenoxy) is 1. The van der Waals surface area contributed by atoms with Crippen LogP contribution in [0.3, 0.4) is 0 Å². The third kappa shape index (κ3) is 4.46. The molecular weight excluding hydrogens is 336 g/mol. The van der Waals surface area contributed by atoms with E-state index in [-0.39, 0.29) is 18.6 Å². The number of anilines is 1. The largest absolute Gasteiger partial charge is 0.452 e. The molecule has 0 aliphatic heterocycles. The minimum absolute atomic E-state index is 0.212. The molecule has 3 N–H and O–H groups in total. The zero-order chi connectivity index (χ0) is 15.2. The third-order valence-electron chi connectivity index (χ3n) is 3.55.